The van der Waals surface area contributed by atoms with Gasteiger partial charge < -0.3 is 11.1 Å². The molecule has 0 aliphatic carbocycles. The number of nitrogens with two attached hydrogens (primary N) is 1. The largest absolute Gasteiger partial charge is 0.384 e. The molecule has 37 heavy (non-hydrogen) atoms. The number of hydrogen-bond donors (Lipinski definition) is 4. The molecular formula is C29H25N5OS2. The summed E-state index contributed by atoms with van der Waals surface area (Å²) >= 11 is 3.17. The Kier molecular flexibility index (Phi) is 7.60. The van der Waals surface area contributed by atoms with Gasteiger partial charge in [0, 0.05) is 21.7 Å². The molecule has 0 aliphatic rings. The number of anilines is 1. The maximum Gasteiger partial charge on any atom is 0.255 e. The highest BCUT2D eigenvalue weighted by molar-refractivity contribution is 7.97. The Labute approximate surface area is 223 Å². The van der Waals surface area contributed by atoms with Crippen molar-refractivity contribution in [2.75, 3.05) is 5.32 Å². The molecule has 0 radical (unpaired) electrons. The number of hydrogen-bond acceptors (Lipinski definition) is 6. The van der Waals surface area contributed by atoms with Gasteiger partial charge in [0.2, 0.25) is 0 Å². The summed E-state index contributed by atoms with van der Waals surface area (Å²) in [6.07, 6.45) is 0.679. The summed E-state index contributed by atoms with van der Waals surface area (Å²) in [5.41, 5.74) is 9.80. The Morgan fingerprint density at radius 2 is 1.68 bits per heavy atom. The lowest BCUT2D eigenvalue weighted by Crippen LogP contribution is -2.18. The van der Waals surface area contributed by atoms with E-state index in [1.807, 2.05) is 84.9 Å². The zero-order valence-corrected chi connectivity index (χ0v) is 21.5. The first kappa shape index (κ1) is 24.7. The highest BCUT2D eigenvalue weighted by Gasteiger charge is 2.18. The fourth-order valence-electron chi connectivity index (χ4n) is 3.89. The number of fused-ring (bicyclic) bond motifs is 1. The zero-order chi connectivity index (χ0) is 25.6. The minimum Gasteiger partial charge on any atom is -0.384 e. The molecule has 1 aromatic heterocycles. The monoisotopic (exact) mass is 523 g/mol. The van der Waals surface area contributed by atoms with Crippen LogP contribution >= 0.6 is 23.3 Å². The topological polar surface area (TPSA) is 104 Å². The molecule has 8 heteroatoms. The van der Waals surface area contributed by atoms with Gasteiger partial charge in [0.25, 0.3) is 5.91 Å². The molecule has 5 N–H and O–H groups in total. The van der Waals surface area contributed by atoms with Crippen LogP contribution in [-0.4, -0.2) is 16.7 Å². The fraction of sp³-hybridized carbons (Fsp3) is 0.0690. The molecule has 0 saturated carbocycles. The molecule has 1 heterocycles. The molecule has 184 valence electrons. The van der Waals surface area contributed by atoms with Gasteiger partial charge in [-0.05, 0) is 72.5 Å². The highest BCUT2D eigenvalue weighted by Crippen LogP contribution is 2.31. The molecule has 0 bridgehead atoms. The van der Waals surface area contributed by atoms with Crippen LogP contribution in [0.3, 0.4) is 0 Å². The number of carbonyl (C=O) groups is 1. The van der Waals surface area contributed by atoms with E-state index >= 15 is 0 Å². The maximum absolute atomic E-state index is 12.6. The number of rotatable bonds is 9. The number of nitrogens with one attached hydrogen (secondary N) is 3. The highest BCUT2D eigenvalue weighted by atomic mass is 32.2. The predicted molar refractivity (Wildman–Crippen MR) is 153 cm³/mol. The standard InChI is InChI=1S/C29H25N5OS2/c30-27(31)21-11-6-8-19(16-21)17-25(29-33-24-14-4-5-15-26(24)36-29)34-37-23-13-7-12-22(18-23)32-28(35)20-9-2-1-3-10-20/h1-16,18,25,34H,17H2,(H3,30,31)(H,32,35)/t25-/m1/s1. The molecule has 1 amide bonds. The molecule has 5 aromatic rings. The molecule has 0 saturated heterocycles. The van der Waals surface area contributed by atoms with Crippen molar-refractivity contribution in [1.82, 2.24) is 9.71 Å². The van der Waals surface area contributed by atoms with Gasteiger partial charge in [-0.1, -0.05) is 54.6 Å². The Hall–Kier alpha value is -3.98. The van der Waals surface area contributed by atoms with E-state index in [0.717, 1.165) is 31.4 Å². The van der Waals surface area contributed by atoms with Gasteiger partial charge in [-0.3, -0.25) is 10.2 Å². The van der Waals surface area contributed by atoms with Crippen LogP contribution in [0, 0.1) is 5.41 Å². The summed E-state index contributed by atoms with van der Waals surface area (Å²) in [6.45, 7) is 0. The van der Waals surface area contributed by atoms with E-state index in [9.17, 15) is 4.79 Å². The Morgan fingerprint density at radius 1 is 0.919 bits per heavy atom. The molecule has 1 atom stereocenters. The average molecular weight is 524 g/mol. The lowest BCUT2D eigenvalue weighted by Gasteiger charge is -2.17. The second kappa shape index (κ2) is 11.4. The number of aromatic nitrogens is 1. The van der Waals surface area contributed by atoms with Crippen LogP contribution < -0.4 is 15.8 Å². The van der Waals surface area contributed by atoms with Crippen molar-refractivity contribution in [2.24, 2.45) is 5.73 Å². The number of para-hydroxylation sites is 1. The van der Waals surface area contributed by atoms with E-state index in [-0.39, 0.29) is 17.8 Å². The smallest absolute Gasteiger partial charge is 0.255 e. The lowest BCUT2D eigenvalue weighted by atomic mass is 10.0. The Balaban J connectivity index is 1.35. The van der Waals surface area contributed by atoms with Gasteiger partial charge in [0.05, 0.1) is 16.3 Å². The molecule has 0 fully saturated rings. The third-order valence-electron chi connectivity index (χ3n) is 5.73. The van der Waals surface area contributed by atoms with Gasteiger partial charge in [-0.15, -0.1) is 11.3 Å². The van der Waals surface area contributed by atoms with Crippen LogP contribution in [0.1, 0.15) is 32.5 Å². The van der Waals surface area contributed by atoms with E-state index in [2.05, 4.69) is 16.1 Å². The van der Waals surface area contributed by atoms with E-state index < -0.39 is 0 Å². The van der Waals surface area contributed by atoms with Gasteiger partial charge in [0.15, 0.2) is 0 Å². The van der Waals surface area contributed by atoms with Crippen molar-refractivity contribution in [3.8, 4) is 0 Å². The second-order valence-corrected chi connectivity index (χ2v) is 10.4. The number of nitrogens with zero attached hydrogens (tertiary/aromatic N) is 1. The summed E-state index contributed by atoms with van der Waals surface area (Å²) in [5.74, 6) is -0.0940. The normalized spacial score (nSPS) is 11.8. The minimum absolute atomic E-state index is 0.0510. The Bertz CT molecular complexity index is 1520. The second-order valence-electron chi connectivity index (χ2n) is 8.46. The summed E-state index contributed by atoms with van der Waals surface area (Å²) in [6, 6.07) is 32.7. The first-order valence-corrected chi connectivity index (χ1v) is 13.4. The fourth-order valence-corrected chi connectivity index (χ4v) is 5.79. The van der Waals surface area contributed by atoms with E-state index in [0.29, 0.717) is 17.5 Å². The molecule has 6 nitrogen and oxygen atoms in total. The van der Waals surface area contributed by atoms with Crippen LogP contribution in [0.2, 0.25) is 0 Å². The summed E-state index contributed by atoms with van der Waals surface area (Å²) in [5, 5.41) is 11.7. The third-order valence-corrected chi connectivity index (χ3v) is 7.78. The van der Waals surface area contributed by atoms with Gasteiger partial charge >= 0.3 is 0 Å². The first-order valence-electron chi connectivity index (χ1n) is 11.7. The van der Waals surface area contributed by atoms with Gasteiger partial charge in [-0.25, -0.2) is 9.71 Å². The molecule has 4 aromatic carbocycles. The van der Waals surface area contributed by atoms with Crippen molar-refractivity contribution in [3.63, 3.8) is 0 Å². The molecular weight excluding hydrogens is 498 g/mol. The van der Waals surface area contributed by atoms with Crippen molar-refractivity contribution in [2.45, 2.75) is 17.4 Å². The zero-order valence-electron chi connectivity index (χ0n) is 19.8. The average Bonchev–Trinajstić information content (AvgIpc) is 3.36. The van der Waals surface area contributed by atoms with Crippen molar-refractivity contribution >= 4 is 50.9 Å². The maximum atomic E-state index is 12.6. The SMILES string of the molecule is N=C(N)c1cccc(C[C@@H](NSc2cccc(NC(=O)c3ccccc3)c2)c2nc3ccccc3s2)c1. The van der Waals surface area contributed by atoms with Gasteiger partial charge in [-0.2, -0.15) is 0 Å². The van der Waals surface area contributed by atoms with Crippen LogP contribution in [0.25, 0.3) is 10.2 Å². The number of carbonyl (C=O) groups excluding carboxylic acids is 1. The van der Waals surface area contributed by atoms with Gasteiger partial charge in [0.1, 0.15) is 10.8 Å². The van der Waals surface area contributed by atoms with Crippen LogP contribution in [0.15, 0.2) is 108 Å². The van der Waals surface area contributed by atoms with Crippen LogP contribution in [0.4, 0.5) is 5.69 Å². The quantitative estimate of drug-likeness (QED) is 0.101. The van der Waals surface area contributed by atoms with E-state index in [1.54, 1.807) is 23.5 Å². The number of thiazole rings is 1. The minimum atomic E-state index is -0.145. The number of benzene rings is 4. The molecule has 0 unspecified atom stereocenters. The lowest BCUT2D eigenvalue weighted by molar-refractivity contribution is 0.102. The third kappa shape index (κ3) is 6.24. The van der Waals surface area contributed by atoms with Crippen molar-refractivity contribution in [3.05, 3.63) is 125 Å². The van der Waals surface area contributed by atoms with E-state index in [4.69, 9.17) is 16.1 Å². The molecule has 0 spiro atoms. The Morgan fingerprint density at radius 3 is 2.49 bits per heavy atom. The molecule has 0 aliphatic heterocycles. The summed E-state index contributed by atoms with van der Waals surface area (Å²) in [7, 11) is 0. The number of amides is 1. The van der Waals surface area contributed by atoms with Crippen molar-refractivity contribution < 1.29 is 4.79 Å². The molecule has 5 rings (SSSR count). The number of amidine groups is 1. The van der Waals surface area contributed by atoms with E-state index in [1.165, 1.54) is 11.9 Å². The summed E-state index contributed by atoms with van der Waals surface area (Å²) < 4.78 is 4.73. The van der Waals surface area contributed by atoms with Crippen molar-refractivity contribution in [1.29, 1.82) is 5.41 Å². The van der Waals surface area contributed by atoms with Crippen LogP contribution in [0.5, 0.6) is 0 Å². The summed E-state index contributed by atoms with van der Waals surface area (Å²) in [4.78, 5) is 18.4. The van der Waals surface area contributed by atoms with Crippen LogP contribution in [-0.2, 0) is 6.42 Å². The first-order chi connectivity index (χ1) is 18.0. The predicted octanol–water partition coefficient (Wildman–Crippen LogP) is 6.41. The number of nitrogen functional groups attached to an aromatic ring is 1.